The molecule has 19 heavy (non-hydrogen) atoms. The van der Waals surface area contributed by atoms with Gasteiger partial charge in [0.2, 0.25) is 11.5 Å². The van der Waals surface area contributed by atoms with Crippen LogP contribution in [0.15, 0.2) is 21.3 Å². The topological polar surface area (TPSA) is 95.7 Å². The van der Waals surface area contributed by atoms with E-state index in [1.807, 2.05) is 0 Å². The molecule has 0 atom stereocenters. The minimum Gasteiger partial charge on any atom is -0.504 e. The van der Waals surface area contributed by atoms with Gasteiger partial charge in [0.05, 0.1) is 12.5 Å². The number of fused-ring (bicyclic) bond motifs is 3. The summed E-state index contributed by atoms with van der Waals surface area (Å²) in [4.78, 5) is 14.6. The van der Waals surface area contributed by atoms with Crippen LogP contribution in [-0.2, 0) is 0 Å². The molecule has 0 bridgehead atoms. The molecule has 0 saturated carbocycles. The molecule has 0 spiro atoms. The smallest absolute Gasteiger partial charge is 0.259 e. The van der Waals surface area contributed by atoms with Crippen molar-refractivity contribution in [3.05, 3.63) is 28.2 Å². The number of rotatable bonds is 1. The maximum Gasteiger partial charge on any atom is 0.259 e. The molecule has 3 aromatic rings. The number of phenolic OH excluding ortho intramolecular Hbond substituents is 2. The maximum absolute atomic E-state index is 12.0. The highest BCUT2D eigenvalue weighted by atomic mass is 16.5. The number of benzene rings is 1. The van der Waals surface area contributed by atoms with E-state index in [9.17, 15) is 15.0 Å². The first kappa shape index (κ1) is 11.5. The number of hydrogen-bond donors (Lipinski definition) is 3. The fraction of sp³-hybridized carbons (Fsp3) is 0.154. The normalized spacial score (nSPS) is 11.3. The molecule has 0 fully saturated rings. The number of aromatic hydroxyl groups is 2. The predicted molar refractivity (Wildman–Crippen MR) is 69.0 cm³/mol. The number of nitrogens with one attached hydrogen (secondary N) is 1. The second-order valence-electron chi connectivity index (χ2n) is 4.28. The van der Waals surface area contributed by atoms with Crippen LogP contribution in [0.1, 0.15) is 5.69 Å². The zero-order valence-corrected chi connectivity index (χ0v) is 10.3. The first-order valence-electron chi connectivity index (χ1n) is 5.58. The molecule has 6 nitrogen and oxygen atoms in total. The third-order valence-electron chi connectivity index (χ3n) is 3.01. The van der Waals surface area contributed by atoms with Crippen LogP contribution in [0.3, 0.4) is 0 Å². The SMILES string of the molecule is COc1c(O)c(O)cc2c1oc1cc(C)[nH]c(=O)c12. The summed E-state index contributed by atoms with van der Waals surface area (Å²) >= 11 is 0. The van der Waals surface area contributed by atoms with Crippen LogP contribution < -0.4 is 10.3 Å². The minimum atomic E-state index is -0.415. The van der Waals surface area contributed by atoms with Crippen LogP contribution in [0.5, 0.6) is 17.2 Å². The van der Waals surface area contributed by atoms with E-state index in [0.717, 1.165) is 0 Å². The van der Waals surface area contributed by atoms with Crippen LogP contribution >= 0.6 is 0 Å². The zero-order valence-electron chi connectivity index (χ0n) is 10.3. The molecule has 0 aliphatic rings. The maximum atomic E-state index is 12.0. The molecule has 0 aliphatic heterocycles. The largest absolute Gasteiger partial charge is 0.504 e. The van der Waals surface area contributed by atoms with Gasteiger partial charge in [-0.3, -0.25) is 4.79 Å². The van der Waals surface area contributed by atoms with Gasteiger partial charge in [-0.25, -0.2) is 0 Å². The summed E-state index contributed by atoms with van der Waals surface area (Å²) in [5.41, 5.74) is 0.938. The van der Waals surface area contributed by atoms with E-state index in [0.29, 0.717) is 22.0 Å². The Morgan fingerprint density at radius 1 is 1.32 bits per heavy atom. The highest BCUT2D eigenvalue weighted by Crippen LogP contribution is 2.44. The predicted octanol–water partition coefficient (Wildman–Crippen LogP) is 2.00. The van der Waals surface area contributed by atoms with Gasteiger partial charge in [-0.05, 0) is 13.0 Å². The lowest BCUT2D eigenvalue weighted by Crippen LogP contribution is -2.05. The molecule has 0 aliphatic carbocycles. The highest BCUT2D eigenvalue weighted by molar-refractivity contribution is 6.08. The number of hydrogen-bond acceptors (Lipinski definition) is 5. The van der Waals surface area contributed by atoms with Gasteiger partial charge < -0.3 is 24.4 Å². The van der Waals surface area contributed by atoms with E-state index in [1.165, 1.54) is 13.2 Å². The quantitative estimate of drug-likeness (QED) is 0.582. The van der Waals surface area contributed by atoms with Crippen LogP contribution in [0, 0.1) is 6.92 Å². The van der Waals surface area contributed by atoms with Crippen molar-refractivity contribution in [2.24, 2.45) is 0 Å². The van der Waals surface area contributed by atoms with Crippen molar-refractivity contribution < 1.29 is 19.4 Å². The highest BCUT2D eigenvalue weighted by Gasteiger charge is 2.20. The second kappa shape index (κ2) is 3.68. The lowest BCUT2D eigenvalue weighted by molar-refractivity contribution is 0.351. The van der Waals surface area contributed by atoms with Gasteiger partial charge in [0.15, 0.2) is 11.3 Å². The molecular weight excluding hydrogens is 250 g/mol. The Morgan fingerprint density at radius 2 is 2.05 bits per heavy atom. The van der Waals surface area contributed by atoms with Gasteiger partial charge >= 0.3 is 0 Å². The summed E-state index contributed by atoms with van der Waals surface area (Å²) in [6.45, 7) is 1.74. The van der Waals surface area contributed by atoms with E-state index >= 15 is 0 Å². The van der Waals surface area contributed by atoms with E-state index in [-0.39, 0.29) is 22.6 Å². The van der Waals surface area contributed by atoms with Crippen molar-refractivity contribution in [3.8, 4) is 17.2 Å². The van der Waals surface area contributed by atoms with Crippen LogP contribution in [0.2, 0.25) is 0 Å². The Kier molecular flexibility index (Phi) is 2.22. The number of aromatic nitrogens is 1. The number of pyridine rings is 1. The Hall–Kier alpha value is -2.63. The average Bonchev–Trinajstić information content (AvgIpc) is 2.68. The fourth-order valence-corrected chi connectivity index (χ4v) is 2.20. The van der Waals surface area contributed by atoms with Crippen molar-refractivity contribution in [3.63, 3.8) is 0 Å². The second-order valence-corrected chi connectivity index (χ2v) is 4.28. The fourth-order valence-electron chi connectivity index (χ4n) is 2.20. The first-order valence-corrected chi connectivity index (χ1v) is 5.58. The molecule has 2 heterocycles. The van der Waals surface area contributed by atoms with E-state index in [1.54, 1.807) is 13.0 Å². The summed E-state index contributed by atoms with van der Waals surface area (Å²) < 4.78 is 10.6. The molecule has 3 rings (SSSR count). The minimum absolute atomic E-state index is 0.00301. The monoisotopic (exact) mass is 261 g/mol. The lowest BCUT2D eigenvalue weighted by Gasteiger charge is -2.04. The van der Waals surface area contributed by atoms with Gasteiger partial charge in [0.25, 0.3) is 5.56 Å². The third-order valence-corrected chi connectivity index (χ3v) is 3.01. The van der Waals surface area contributed by atoms with Gasteiger partial charge in [0.1, 0.15) is 5.58 Å². The van der Waals surface area contributed by atoms with Crippen LogP contribution in [0.4, 0.5) is 0 Å². The molecule has 0 saturated heterocycles. The summed E-state index contributed by atoms with van der Waals surface area (Å²) in [6.07, 6.45) is 0. The van der Waals surface area contributed by atoms with Gasteiger partial charge in [-0.1, -0.05) is 0 Å². The number of aromatic amines is 1. The van der Waals surface area contributed by atoms with Gasteiger partial charge in [0, 0.05) is 17.1 Å². The summed E-state index contributed by atoms with van der Waals surface area (Å²) in [5.74, 6) is -0.780. The van der Waals surface area contributed by atoms with Gasteiger partial charge in [-0.15, -0.1) is 0 Å². The summed E-state index contributed by atoms with van der Waals surface area (Å²) in [5, 5.41) is 20.1. The Labute approximate surface area is 106 Å². The molecular formula is C13H11NO5. The van der Waals surface area contributed by atoms with Crippen molar-refractivity contribution in [2.45, 2.75) is 6.92 Å². The zero-order chi connectivity index (χ0) is 13.7. The molecule has 0 amide bonds. The number of aryl methyl sites for hydroxylation is 1. The average molecular weight is 261 g/mol. The standard InChI is InChI=1S/C13H11NO5/c1-5-3-8-9(13(17)14-5)6-4-7(15)10(16)12(18-2)11(6)19-8/h3-4,15-16H,1-2H3,(H,14,17). The lowest BCUT2D eigenvalue weighted by atomic mass is 10.1. The van der Waals surface area contributed by atoms with E-state index < -0.39 is 5.75 Å². The molecule has 1 aromatic carbocycles. The van der Waals surface area contributed by atoms with Crippen LogP contribution in [0.25, 0.3) is 21.9 Å². The Balaban J connectivity index is 2.62. The van der Waals surface area contributed by atoms with Crippen molar-refractivity contribution in [1.82, 2.24) is 4.98 Å². The molecule has 3 N–H and O–H groups in total. The molecule has 6 heteroatoms. The number of H-pyrrole nitrogens is 1. The molecule has 0 unspecified atom stereocenters. The third kappa shape index (κ3) is 1.46. The van der Waals surface area contributed by atoms with E-state index in [4.69, 9.17) is 9.15 Å². The Bertz CT molecular complexity index is 859. The number of methoxy groups -OCH3 is 1. The van der Waals surface area contributed by atoms with Gasteiger partial charge in [-0.2, -0.15) is 0 Å². The first-order chi connectivity index (χ1) is 9.02. The number of phenols is 2. The molecule has 2 aromatic heterocycles. The Morgan fingerprint density at radius 3 is 2.74 bits per heavy atom. The van der Waals surface area contributed by atoms with E-state index in [2.05, 4.69) is 4.98 Å². The number of ether oxygens (including phenoxy) is 1. The molecule has 98 valence electrons. The number of furan rings is 1. The van der Waals surface area contributed by atoms with Crippen molar-refractivity contribution >= 4 is 21.9 Å². The molecule has 0 radical (unpaired) electrons. The summed E-state index contributed by atoms with van der Waals surface area (Å²) in [7, 11) is 1.34. The van der Waals surface area contributed by atoms with Crippen molar-refractivity contribution in [1.29, 1.82) is 0 Å². The summed E-state index contributed by atoms with van der Waals surface area (Å²) in [6, 6.07) is 2.95. The van der Waals surface area contributed by atoms with Crippen molar-refractivity contribution in [2.75, 3.05) is 7.11 Å². The van der Waals surface area contributed by atoms with Crippen LogP contribution in [-0.4, -0.2) is 22.3 Å².